The predicted molar refractivity (Wildman–Crippen MR) is 54.4 cm³/mol. The molecule has 0 spiro atoms. The third kappa shape index (κ3) is 1.52. The number of hydrogen-bond acceptors (Lipinski definition) is 1. The fourth-order valence-corrected chi connectivity index (χ4v) is 1.48. The zero-order valence-corrected chi connectivity index (χ0v) is 7.60. The molecule has 2 heteroatoms. The molecule has 1 aromatic rings. The maximum Gasteiger partial charge on any atom is 0.0143 e. The van der Waals surface area contributed by atoms with Gasteiger partial charge in [0.05, 0.1) is 0 Å². The largest absolute Gasteiger partial charge is 0.327 e. The van der Waals surface area contributed by atoms with Gasteiger partial charge in [-0.2, -0.15) is 0 Å². The maximum absolute atomic E-state index is 5.54. The van der Waals surface area contributed by atoms with Crippen LogP contribution in [0.1, 0.15) is 11.1 Å². The molecular formula is C10H12ClN. The van der Waals surface area contributed by atoms with Crippen LogP contribution < -0.4 is 5.73 Å². The minimum absolute atomic E-state index is 0. The summed E-state index contributed by atoms with van der Waals surface area (Å²) in [6, 6.07) is 8.44. The van der Waals surface area contributed by atoms with Crippen molar-refractivity contribution >= 4 is 18.5 Å². The molecule has 0 aliphatic heterocycles. The molecule has 0 unspecified atom stereocenters. The van der Waals surface area contributed by atoms with Crippen molar-refractivity contribution in [3.05, 3.63) is 41.0 Å². The fraction of sp³-hybridized carbons (Fsp3) is 0.200. The molecule has 2 rings (SSSR count). The van der Waals surface area contributed by atoms with Gasteiger partial charge in [0, 0.05) is 6.54 Å². The molecule has 0 bridgehead atoms. The first-order valence-electron chi connectivity index (χ1n) is 3.87. The summed E-state index contributed by atoms with van der Waals surface area (Å²) in [5, 5.41) is 0. The Morgan fingerprint density at radius 2 is 2.00 bits per heavy atom. The minimum atomic E-state index is 0. The number of halogens is 1. The van der Waals surface area contributed by atoms with Gasteiger partial charge >= 0.3 is 0 Å². The highest BCUT2D eigenvalue weighted by molar-refractivity contribution is 5.85. The van der Waals surface area contributed by atoms with Gasteiger partial charge in [-0.1, -0.05) is 35.9 Å². The van der Waals surface area contributed by atoms with Crippen molar-refractivity contribution < 1.29 is 0 Å². The zero-order chi connectivity index (χ0) is 7.68. The van der Waals surface area contributed by atoms with Crippen LogP contribution in [0.4, 0.5) is 0 Å². The lowest BCUT2D eigenvalue weighted by molar-refractivity contribution is 1.07. The van der Waals surface area contributed by atoms with E-state index in [1.165, 1.54) is 16.7 Å². The van der Waals surface area contributed by atoms with Gasteiger partial charge < -0.3 is 5.73 Å². The molecule has 1 aliphatic rings. The molecule has 0 amide bonds. The highest BCUT2D eigenvalue weighted by atomic mass is 35.5. The van der Waals surface area contributed by atoms with Crippen LogP contribution in [0.3, 0.4) is 0 Å². The van der Waals surface area contributed by atoms with Crippen LogP contribution >= 0.6 is 12.4 Å². The quantitative estimate of drug-likeness (QED) is 0.705. The van der Waals surface area contributed by atoms with Crippen molar-refractivity contribution in [3.63, 3.8) is 0 Å². The first-order chi connectivity index (χ1) is 5.40. The predicted octanol–water partition coefficient (Wildman–Crippen LogP) is 2.01. The Balaban J connectivity index is 0.000000720. The lowest BCUT2D eigenvalue weighted by Gasteiger charge is -1.95. The van der Waals surface area contributed by atoms with E-state index >= 15 is 0 Å². The molecule has 0 aromatic heterocycles. The van der Waals surface area contributed by atoms with Crippen LogP contribution in [0.5, 0.6) is 0 Å². The molecule has 1 aliphatic carbocycles. The van der Waals surface area contributed by atoms with E-state index in [9.17, 15) is 0 Å². The van der Waals surface area contributed by atoms with Gasteiger partial charge in [0.2, 0.25) is 0 Å². The SMILES string of the molecule is Cl.NCC1=Cc2ccccc2C1. The molecule has 1 aromatic carbocycles. The molecule has 0 radical (unpaired) electrons. The Hall–Kier alpha value is -0.790. The van der Waals surface area contributed by atoms with E-state index in [4.69, 9.17) is 5.73 Å². The van der Waals surface area contributed by atoms with Gasteiger partial charge in [-0.3, -0.25) is 0 Å². The highest BCUT2D eigenvalue weighted by Gasteiger charge is 2.08. The molecule has 64 valence electrons. The molecule has 12 heavy (non-hydrogen) atoms. The lowest BCUT2D eigenvalue weighted by atomic mass is 10.1. The Bertz CT molecular complexity index is 304. The number of fused-ring (bicyclic) bond motifs is 1. The number of benzene rings is 1. The van der Waals surface area contributed by atoms with Crippen LogP contribution in [0.15, 0.2) is 29.8 Å². The smallest absolute Gasteiger partial charge is 0.0143 e. The zero-order valence-electron chi connectivity index (χ0n) is 6.79. The second-order valence-corrected chi connectivity index (χ2v) is 2.88. The Labute approximate surface area is 78.7 Å². The van der Waals surface area contributed by atoms with Gasteiger partial charge in [-0.05, 0) is 17.5 Å². The monoisotopic (exact) mass is 181 g/mol. The molecule has 0 atom stereocenters. The van der Waals surface area contributed by atoms with Crippen molar-refractivity contribution in [2.45, 2.75) is 6.42 Å². The van der Waals surface area contributed by atoms with E-state index in [1.54, 1.807) is 0 Å². The topological polar surface area (TPSA) is 26.0 Å². The molecule has 2 N–H and O–H groups in total. The van der Waals surface area contributed by atoms with Crippen molar-refractivity contribution in [1.82, 2.24) is 0 Å². The van der Waals surface area contributed by atoms with E-state index in [-0.39, 0.29) is 12.4 Å². The third-order valence-electron chi connectivity index (χ3n) is 2.09. The Morgan fingerprint density at radius 3 is 2.67 bits per heavy atom. The second kappa shape index (κ2) is 3.74. The molecule has 0 heterocycles. The van der Waals surface area contributed by atoms with Crippen molar-refractivity contribution in [2.75, 3.05) is 6.54 Å². The highest BCUT2D eigenvalue weighted by Crippen LogP contribution is 2.23. The maximum atomic E-state index is 5.54. The fourth-order valence-electron chi connectivity index (χ4n) is 1.48. The number of nitrogens with two attached hydrogens (primary N) is 1. The molecule has 0 saturated carbocycles. The van der Waals surface area contributed by atoms with Crippen LogP contribution in [0.25, 0.3) is 6.08 Å². The average molecular weight is 182 g/mol. The molecular weight excluding hydrogens is 170 g/mol. The normalized spacial score (nSPS) is 13.2. The van der Waals surface area contributed by atoms with Crippen molar-refractivity contribution in [2.24, 2.45) is 5.73 Å². The minimum Gasteiger partial charge on any atom is -0.327 e. The summed E-state index contributed by atoms with van der Waals surface area (Å²) in [6.07, 6.45) is 3.24. The van der Waals surface area contributed by atoms with Gasteiger partial charge in [-0.15, -0.1) is 12.4 Å². The van der Waals surface area contributed by atoms with Crippen molar-refractivity contribution in [1.29, 1.82) is 0 Å². The van der Waals surface area contributed by atoms with Crippen LogP contribution in [0.2, 0.25) is 0 Å². The summed E-state index contributed by atoms with van der Waals surface area (Å²) in [5.74, 6) is 0. The van der Waals surface area contributed by atoms with Crippen LogP contribution in [-0.2, 0) is 6.42 Å². The summed E-state index contributed by atoms with van der Waals surface area (Å²) in [5.41, 5.74) is 9.63. The van der Waals surface area contributed by atoms with E-state index in [0.717, 1.165) is 6.42 Å². The van der Waals surface area contributed by atoms with Gasteiger partial charge in [-0.25, -0.2) is 0 Å². The summed E-state index contributed by atoms with van der Waals surface area (Å²) in [7, 11) is 0. The first kappa shape index (κ1) is 9.30. The molecule has 0 saturated heterocycles. The van der Waals surface area contributed by atoms with E-state index in [2.05, 4.69) is 30.3 Å². The Kier molecular flexibility index (Phi) is 2.90. The van der Waals surface area contributed by atoms with Gasteiger partial charge in [0.1, 0.15) is 0 Å². The first-order valence-corrected chi connectivity index (χ1v) is 3.87. The number of rotatable bonds is 1. The summed E-state index contributed by atoms with van der Waals surface area (Å²) in [6.45, 7) is 0.689. The van der Waals surface area contributed by atoms with Gasteiger partial charge in [0.15, 0.2) is 0 Å². The third-order valence-corrected chi connectivity index (χ3v) is 2.09. The van der Waals surface area contributed by atoms with Crippen LogP contribution in [-0.4, -0.2) is 6.54 Å². The van der Waals surface area contributed by atoms with E-state index < -0.39 is 0 Å². The van der Waals surface area contributed by atoms with E-state index in [1.807, 2.05) is 0 Å². The summed E-state index contributed by atoms with van der Waals surface area (Å²) >= 11 is 0. The van der Waals surface area contributed by atoms with Crippen LogP contribution in [0, 0.1) is 0 Å². The second-order valence-electron chi connectivity index (χ2n) is 2.88. The summed E-state index contributed by atoms with van der Waals surface area (Å²) in [4.78, 5) is 0. The number of hydrogen-bond donors (Lipinski definition) is 1. The molecule has 1 nitrogen and oxygen atoms in total. The average Bonchev–Trinajstić information content (AvgIpc) is 2.46. The van der Waals surface area contributed by atoms with E-state index in [0.29, 0.717) is 6.54 Å². The standard InChI is InChI=1S/C10H11N.ClH/c11-7-8-5-9-3-1-2-4-10(9)6-8;/h1-5H,6-7,11H2;1H. The molecule has 0 fully saturated rings. The lowest BCUT2D eigenvalue weighted by Crippen LogP contribution is -2.01. The van der Waals surface area contributed by atoms with Gasteiger partial charge in [0.25, 0.3) is 0 Å². The summed E-state index contributed by atoms with van der Waals surface area (Å²) < 4.78 is 0. The Morgan fingerprint density at radius 1 is 1.25 bits per heavy atom. The van der Waals surface area contributed by atoms with Crippen molar-refractivity contribution in [3.8, 4) is 0 Å².